The molecule has 0 amide bonds. The Balaban J connectivity index is 3.13. The summed E-state index contributed by atoms with van der Waals surface area (Å²) >= 11 is 0. The monoisotopic (exact) mass is 195 g/mol. The predicted octanol–water partition coefficient (Wildman–Crippen LogP) is 2.11. The Bertz CT molecular complexity index is 347. The average Bonchev–Trinajstić information content (AvgIpc) is 2.19. The van der Waals surface area contributed by atoms with E-state index in [4.69, 9.17) is 10.5 Å². The van der Waals surface area contributed by atoms with E-state index in [9.17, 15) is 4.39 Å². The van der Waals surface area contributed by atoms with Crippen molar-refractivity contribution in [1.82, 2.24) is 0 Å². The summed E-state index contributed by atoms with van der Waals surface area (Å²) in [6, 6.07) is 3.12. The van der Waals surface area contributed by atoms with Crippen molar-refractivity contribution >= 4 is 6.08 Å². The third-order valence-corrected chi connectivity index (χ3v) is 1.94. The van der Waals surface area contributed by atoms with Crippen molar-refractivity contribution in [2.45, 2.75) is 6.92 Å². The molecule has 1 aromatic carbocycles. The van der Waals surface area contributed by atoms with Gasteiger partial charge in [0.2, 0.25) is 0 Å². The maximum absolute atomic E-state index is 13.1. The molecule has 0 radical (unpaired) electrons. The topological polar surface area (TPSA) is 35.2 Å². The van der Waals surface area contributed by atoms with E-state index in [0.29, 0.717) is 17.9 Å². The molecule has 0 bridgehead atoms. The third-order valence-electron chi connectivity index (χ3n) is 1.94. The summed E-state index contributed by atoms with van der Waals surface area (Å²) in [6.07, 6.45) is 3.63. The Morgan fingerprint density at radius 2 is 2.21 bits per heavy atom. The normalized spacial score (nSPS) is 10.9. The Labute approximate surface area is 83.2 Å². The van der Waals surface area contributed by atoms with Gasteiger partial charge in [0.15, 0.2) is 0 Å². The van der Waals surface area contributed by atoms with Crippen molar-refractivity contribution in [3.05, 3.63) is 35.2 Å². The summed E-state index contributed by atoms with van der Waals surface area (Å²) in [5.41, 5.74) is 6.78. The number of aryl methyl sites for hydroxylation is 1. The highest BCUT2D eigenvalue weighted by Crippen LogP contribution is 2.23. The van der Waals surface area contributed by atoms with E-state index < -0.39 is 0 Å². The molecule has 0 spiro atoms. The Kier molecular flexibility index (Phi) is 3.65. The predicted molar refractivity (Wildman–Crippen MR) is 55.8 cm³/mol. The second kappa shape index (κ2) is 4.77. The van der Waals surface area contributed by atoms with E-state index in [2.05, 4.69) is 0 Å². The van der Waals surface area contributed by atoms with Gasteiger partial charge in [0, 0.05) is 18.2 Å². The highest BCUT2D eigenvalue weighted by molar-refractivity contribution is 5.58. The largest absolute Gasteiger partial charge is 0.496 e. The van der Waals surface area contributed by atoms with Crippen LogP contribution in [0.5, 0.6) is 5.75 Å². The minimum atomic E-state index is -0.258. The quantitative estimate of drug-likeness (QED) is 0.801. The molecular formula is C11H14FNO. The zero-order chi connectivity index (χ0) is 10.6. The molecule has 2 nitrogen and oxygen atoms in total. The van der Waals surface area contributed by atoms with Crippen LogP contribution in [0.3, 0.4) is 0 Å². The van der Waals surface area contributed by atoms with Gasteiger partial charge in [-0.15, -0.1) is 0 Å². The Hall–Kier alpha value is -1.35. The smallest absolute Gasteiger partial charge is 0.129 e. The molecule has 0 unspecified atom stereocenters. The first-order chi connectivity index (χ1) is 6.69. The van der Waals surface area contributed by atoms with Gasteiger partial charge in [-0.1, -0.05) is 12.2 Å². The fraction of sp³-hybridized carbons (Fsp3) is 0.273. The van der Waals surface area contributed by atoms with Gasteiger partial charge in [0.05, 0.1) is 7.11 Å². The maximum Gasteiger partial charge on any atom is 0.129 e. The van der Waals surface area contributed by atoms with Crippen LogP contribution in [0.15, 0.2) is 18.2 Å². The SMILES string of the molecule is COc1cc(F)c(C)cc1/C=C/CN. The second-order valence-electron chi connectivity index (χ2n) is 2.98. The van der Waals surface area contributed by atoms with E-state index in [0.717, 1.165) is 5.56 Å². The highest BCUT2D eigenvalue weighted by Gasteiger charge is 2.04. The van der Waals surface area contributed by atoms with Crippen LogP contribution in [0, 0.1) is 12.7 Å². The molecule has 0 aliphatic carbocycles. The van der Waals surface area contributed by atoms with Gasteiger partial charge in [-0.25, -0.2) is 4.39 Å². The molecule has 0 saturated heterocycles. The third kappa shape index (κ3) is 2.33. The zero-order valence-corrected chi connectivity index (χ0v) is 8.38. The Morgan fingerprint density at radius 1 is 1.50 bits per heavy atom. The van der Waals surface area contributed by atoms with Gasteiger partial charge in [0.25, 0.3) is 0 Å². The lowest BCUT2D eigenvalue weighted by Crippen LogP contribution is -1.94. The van der Waals surface area contributed by atoms with E-state index in [1.165, 1.54) is 13.2 Å². The molecule has 14 heavy (non-hydrogen) atoms. The summed E-state index contributed by atoms with van der Waals surface area (Å²) in [5, 5.41) is 0. The number of benzene rings is 1. The molecule has 1 aromatic rings. The molecular weight excluding hydrogens is 181 g/mol. The van der Waals surface area contributed by atoms with Gasteiger partial charge >= 0.3 is 0 Å². The minimum Gasteiger partial charge on any atom is -0.496 e. The molecule has 0 saturated carbocycles. The molecule has 0 atom stereocenters. The molecule has 76 valence electrons. The first-order valence-electron chi connectivity index (χ1n) is 4.39. The number of ether oxygens (including phenoxy) is 1. The van der Waals surface area contributed by atoms with Crippen LogP contribution < -0.4 is 10.5 Å². The van der Waals surface area contributed by atoms with Crippen LogP contribution in [0.2, 0.25) is 0 Å². The fourth-order valence-corrected chi connectivity index (χ4v) is 1.19. The number of methoxy groups -OCH3 is 1. The van der Waals surface area contributed by atoms with Crippen molar-refractivity contribution in [1.29, 1.82) is 0 Å². The molecule has 3 heteroatoms. The van der Waals surface area contributed by atoms with Crippen LogP contribution in [0.1, 0.15) is 11.1 Å². The molecule has 0 aliphatic rings. The molecule has 0 heterocycles. The van der Waals surface area contributed by atoms with Crippen LogP contribution in [0.4, 0.5) is 4.39 Å². The minimum absolute atomic E-state index is 0.258. The van der Waals surface area contributed by atoms with Gasteiger partial charge in [0.1, 0.15) is 11.6 Å². The first kappa shape index (κ1) is 10.7. The number of hydrogen-bond acceptors (Lipinski definition) is 2. The van der Waals surface area contributed by atoms with Crippen molar-refractivity contribution in [2.24, 2.45) is 5.73 Å². The first-order valence-corrected chi connectivity index (χ1v) is 4.39. The lowest BCUT2D eigenvalue weighted by atomic mass is 10.1. The second-order valence-corrected chi connectivity index (χ2v) is 2.98. The van der Waals surface area contributed by atoms with Crippen molar-refractivity contribution in [3.8, 4) is 5.75 Å². The summed E-state index contributed by atoms with van der Waals surface area (Å²) in [4.78, 5) is 0. The summed E-state index contributed by atoms with van der Waals surface area (Å²) in [7, 11) is 1.52. The lowest BCUT2D eigenvalue weighted by molar-refractivity contribution is 0.410. The summed E-state index contributed by atoms with van der Waals surface area (Å²) in [5.74, 6) is 0.268. The average molecular weight is 195 g/mol. The van der Waals surface area contributed by atoms with E-state index in [1.807, 2.05) is 6.08 Å². The number of halogens is 1. The van der Waals surface area contributed by atoms with Crippen LogP contribution >= 0.6 is 0 Å². The number of hydrogen-bond donors (Lipinski definition) is 1. The fourth-order valence-electron chi connectivity index (χ4n) is 1.19. The molecule has 1 rings (SSSR count). The highest BCUT2D eigenvalue weighted by atomic mass is 19.1. The Morgan fingerprint density at radius 3 is 2.79 bits per heavy atom. The van der Waals surface area contributed by atoms with E-state index in [-0.39, 0.29) is 5.82 Å². The lowest BCUT2D eigenvalue weighted by Gasteiger charge is -2.06. The van der Waals surface area contributed by atoms with Crippen LogP contribution in [-0.4, -0.2) is 13.7 Å². The van der Waals surface area contributed by atoms with Gasteiger partial charge in [-0.05, 0) is 18.6 Å². The van der Waals surface area contributed by atoms with E-state index in [1.54, 1.807) is 19.1 Å². The number of nitrogens with two attached hydrogens (primary N) is 1. The standard InChI is InChI=1S/C11H14FNO/c1-8-6-9(4-3-5-13)11(14-2)7-10(8)12/h3-4,6-7H,5,13H2,1-2H3/b4-3+. The van der Waals surface area contributed by atoms with E-state index >= 15 is 0 Å². The molecule has 0 fully saturated rings. The van der Waals surface area contributed by atoms with Crippen molar-refractivity contribution < 1.29 is 9.13 Å². The zero-order valence-electron chi connectivity index (χ0n) is 8.38. The maximum atomic E-state index is 13.1. The molecule has 0 aromatic heterocycles. The van der Waals surface area contributed by atoms with Crippen LogP contribution in [0.25, 0.3) is 6.08 Å². The van der Waals surface area contributed by atoms with Gasteiger partial charge < -0.3 is 10.5 Å². The molecule has 0 aliphatic heterocycles. The van der Waals surface area contributed by atoms with Gasteiger partial charge in [-0.3, -0.25) is 0 Å². The molecule has 2 N–H and O–H groups in total. The van der Waals surface area contributed by atoms with Gasteiger partial charge in [-0.2, -0.15) is 0 Å². The summed E-state index contributed by atoms with van der Waals surface area (Å²) in [6.45, 7) is 2.17. The summed E-state index contributed by atoms with van der Waals surface area (Å²) < 4.78 is 18.2. The van der Waals surface area contributed by atoms with Crippen LogP contribution in [-0.2, 0) is 0 Å². The van der Waals surface area contributed by atoms with Crippen molar-refractivity contribution in [3.63, 3.8) is 0 Å². The van der Waals surface area contributed by atoms with Crippen molar-refractivity contribution in [2.75, 3.05) is 13.7 Å². The number of rotatable bonds is 3.